The maximum atomic E-state index is 11.6. The van der Waals surface area contributed by atoms with E-state index in [4.69, 9.17) is 5.11 Å². The van der Waals surface area contributed by atoms with Crippen LogP contribution in [0.3, 0.4) is 0 Å². The van der Waals surface area contributed by atoms with Gasteiger partial charge >= 0.3 is 5.97 Å². The van der Waals surface area contributed by atoms with Crippen molar-refractivity contribution in [3.05, 3.63) is 0 Å². The maximum Gasteiger partial charge on any atom is 0.313 e. The summed E-state index contributed by atoms with van der Waals surface area (Å²) >= 11 is 1.14. The average Bonchev–Trinajstić information content (AvgIpc) is 2.29. The van der Waals surface area contributed by atoms with Crippen molar-refractivity contribution < 1.29 is 14.7 Å². The number of carbonyl (C=O) groups is 2. The minimum absolute atomic E-state index is 0.0147. The van der Waals surface area contributed by atoms with Crippen LogP contribution < -0.4 is 5.32 Å². The Kier molecular flexibility index (Phi) is 6.49. The number of aliphatic carboxylic acids is 1. The molecule has 0 saturated carbocycles. The minimum atomic E-state index is -0.877. The van der Waals surface area contributed by atoms with Gasteiger partial charge in [0.1, 0.15) is 0 Å². The number of likely N-dealkylation sites (tertiary alicyclic amines) is 1. The van der Waals surface area contributed by atoms with Crippen molar-refractivity contribution in [3.63, 3.8) is 0 Å². The van der Waals surface area contributed by atoms with Crippen LogP contribution in [0.25, 0.3) is 0 Å². The number of carbonyl (C=O) groups excluding carboxylic acids is 1. The second-order valence-corrected chi connectivity index (χ2v) is 5.84. The van der Waals surface area contributed by atoms with Gasteiger partial charge in [0.25, 0.3) is 0 Å². The molecule has 0 unspecified atom stereocenters. The van der Waals surface area contributed by atoms with Crippen LogP contribution in [-0.4, -0.2) is 58.6 Å². The molecule has 18 heavy (non-hydrogen) atoms. The lowest BCUT2D eigenvalue weighted by Crippen LogP contribution is -2.47. The molecule has 0 spiro atoms. The standard InChI is InChI=1S/C12H22N2O3S/c1-9(2)14-5-3-10(4-6-14)13-11(15)7-18-8-12(16)17/h9-10H,3-8H2,1-2H3,(H,13,15)(H,16,17). The number of hydrogen-bond donors (Lipinski definition) is 2. The third kappa shape index (κ3) is 5.73. The fraction of sp³-hybridized carbons (Fsp3) is 0.833. The van der Waals surface area contributed by atoms with Crippen LogP contribution in [0.4, 0.5) is 0 Å². The van der Waals surface area contributed by atoms with Gasteiger partial charge in [-0.05, 0) is 26.7 Å². The van der Waals surface area contributed by atoms with Gasteiger partial charge in [-0.3, -0.25) is 9.59 Å². The fourth-order valence-electron chi connectivity index (χ4n) is 2.06. The average molecular weight is 274 g/mol. The molecule has 1 saturated heterocycles. The number of hydrogen-bond acceptors (Lipinski definition) is 4. The molecule has 0 aliphatic carbocycles. The van der Waals surface area contributed by atoms with Gasteiger partial charge in [0, 0.05) is 25.2 Å². The Balaban J connectivity index is 2.16. The van der Waals surface area contributed by atoms with E-state index in [0.29, 0.717) is 6.04 Å². The first-order chi connectivity index (χ1) is 8.49. The van der Waals surface area contributed by atoms with Crippen molar-refractivity contribution in [3.8, 4) is 0 Å². The molecule has 1 aliphatic heterocycles. The summed E-state index contributed by atoms with van der Waals surface area (Å²) in [6.07, 6.45) is 1.96. The molecule has 0 radical (unpaired) electrons. The van der Waals surface area contributed by atoms with E-state index in [9.17, 15) is 9.59 Å². The molecule has 2 N–H and O–H groups in total. The molecular formula is C12H22N2O3S. The smallest absolute Gasteiger partial charge is 0.313 e. The van der Waals surface area contributed by atoms with Gasteiger partial charge in [-0.1, -0.05) is 0 Å². The van der Waals surface area contributed by atoms with Crippen molar-refractivity contribution in [2.24, 2.45) is 0 Å². The lowest BCUT2D eigenvalue weighted by molar-refractivity contribution is -0.133. The van der Waals surface area contributed by atoms with Gasteiger partial charge in [0.2, 0.25) is 5.91 Å². The van der Waals surface area contributed by atoms with Gasteiger partial charge in [-0.2, -0.15) is 0 Å². The van der Waals surface area contributed by atoms with E-state index in [2.05, 4.69) is 24.1 Å². The zero-order valence-electron chi connectivity index (χ0n) is 11.0. The second-order valence-electron chi connectivity index (χ2n) is 4.86. The van der Waals surface area contributed by atoms with E-state index in [0.717, 1.165) is 37.7 Å². The highest BCUT2D eigenvalue weighted by atomic mass is 32.2. The van der Waals surface area contributed by atoms with Gasteiger partial charge < -0.3 is 15.3 Å². The Morgan fingerprint density at radius 3 is 2.44 bits per heavy atom. The van der Waals surface area contributed by atoms with E-state index in [1.54, 1.807) is 0 Å². The number of carboxylic acids is 1. The molecule has 1 fully saturated rings. The highest BCUT2D eigenvalue weighted by Crippen LogP contribution is 2.13. The van der Waals surface area contributed by atoms with E-state index < -0.39 is 5.97 Å². The van der Waals surface area contributed by atoms with E-state index in [-0.39, 0.29) is 23.5 Å². The van der Waals surface area contributed by atoms with Crippen molar-refractivity contribution in [1.82, 2.24) is 10.2 Å². The van der Waals surface area contributed by atoms with Crippen molar-refractivity contribution in [2.45, 2.75) is 38.8 Å². The molecule has 104 valence electrons. The number of thioether (sulfide) groups is 1. The molecular weight excluding hydrogens is 252 g/mol. The minimum Gasteiger partial charge on any atom is -0.481 e. The summed E-state index contributed by atoms with van der Waals surface area (Å²) in [7, 11) is 0. The zero-order chi connectivity index (χ0) is 13.5. The van der Waals surface area contributed by atoms with Crippen LogP contribution in [-0.2, 0) is 9.59 Å². The lowest BCUT2D eigenvalue weighted by atomic mass is 10.0. The molecule has 1 aliphatic rings. The molecule has 1 rings (SSSR count). The largest absolute Gasteiger partial charge is 0.481 e. The predicted octanol–water partition coefficient (Wildman–Crippen LogP) is 0.793. The Labute approximate surface area is 112 Å². The summed E-state index contributed by atoms with van der Waals surface area (Å²) in [4.78, 5) is 24.3. The highest BCUT2D eigenvalue weighted by Gasteiger charge is 2.21. The topological polar surface area (TPSA) is 69.6 Å². The van der Waals surface area contributed by atoms with Crippen molar-refractivity contribution >= 4 is 23.6 Å². The SMILES string of the molecule is CC(C)N1CCC(NC(=O)CSCC(=O)O)CC1. The second kappa shape index (κ2) is 7.63. The molecule has 1 heterocycles. The number of nitrogens with one attached hydrogen (secondary N) is 1. The molecule has 1 amide bonds. The summed E-state index contributed by atoms with van der Waals surface area (Å²) in [5.41, 5.74) is 0. The van der Waals surface area contributed by atoms with Crippen LogP contribution in [0.5, 0.6) is 0 Å². The Morgan fingerprint density at radius 2 is 1.94 bits per heavy atom. The van der Waals surface area contributed by atoms with Crippen LogP contribution >= 0.6 is 11.8 Å². The Morgan fingerprint density at radius 1 is 1.33 bits per heavy atom. The molecule has 0 aromatic heterocycles. The van der Waals surface area contributed by atoms with Crippen LogP contribution in [0, 0.1) is 0 Å². The first-order valence-corrected chi connectivity index (χ1v) is 7.47. The van der Waals surface area contributed by atoms with Crippen LogP contribution in [0.2, 0.25) is 0 Å². The summed E-state index contributed by atoms with van der Waals surface area (Å²) in [6.45, 7) is 6.40. The number of piperidine rings is 1. The lowest BCUT2D eigenvalue weighted by Gasteiger charge is -2.34. The van der Waals surface area contributed by atoms with E-state index >= 15 is 0 Å². The quantitative estimate of drug-likeness (QED) is 0.749. The van der Waals surface area contributed by atoms with Crippen LogP contribution in [0.1, 0.15) is 26.7 Å². The molecule has 6 heteroatoms. The number of carboxylic acid groups (broad SMARTS) is 1. The monoisotopic (exact) mass is 274 g/mol. The Bertz CT molecular complexity index is 289. The molecule has 5 nitrogen and oxygen atoms in total. The summed E-state index contributed by atoms with van der Waals surface area (Å²) in [5.74, 6) is -0.710. The maximum absolute atomic E-state index is 11.6. The van der Waals surface area contributed by atoms with E-state index in [1.807, 2.05) is 0 Å². The summed E-state index contributed by atoms with van der Waals surface area (Å²) in [5, 5.41) is 11.4. The predicted molar refractivity (Wildman–Crippen MR) is 72.8 cm³/mol. The zero-order valence-corrected chi connectivity index (χ0v) is 11.8. The Hall–Kier alpha value is -0.750. The normalized spacial score (nSPS) is 17.9. The van der Waals surface area contributed by atoms with Gasteiger partial charge in [0.15, 0.2) is 0 Å². The van der Waals surface area contributed by atoms with Crippen molar-refractivity contribution in [2.75, 3.05) is 24.6 Å². The number of rotatable bonds is 6. The number of nitrogens with zero attached hydrogens (tertiary/aromatic N) is 1. The van der Waals surface area contributed by atoms with Gasteiger partial charge in [0.05, 0.1) is 11.5 Å². The van der Waals surface area contributed by atoms with Gasteiger partial charge in [-0.15, -0.1) is 11.8 Å². The summed E-state index contributed by atoms with van der Waals surface area (Å²) in [6, 6.07) is 0.811. The third-order valence-corrected chi connectivity index (χ3v) is 4.00. The molecule has 0 aromatic rings. The first-order valence-electron chi connectivity index (χ1n) is 6.32. The third-order valence-electron chi connectivity index (χ3n) is 3.08. The fourth-order valence-corrected chi connectivity index (χ4v) is 2.61. The highest BCUT2D eigenvalue weighted by molar-refractivity contribution is 8.00. The van der Waals surface area contributed by atoms with Crippen molar-refractivity contribution in [1.29, 1.82) is 0 Å². The molecule has 0 aromatic carbocycles. The van der Waals surface area contributed by atoms with Gasteiger partial charge in [-0.25, -0.2) is 0 Å². The number of amides is 1. The first kappa shape index (κ1) is 15.3. The molecule has 0 atom stereocenters. The van der Waals surface area contributed by atoms with Crippen LogP contribution in [0.15, 0.2) is 0 Å². The van der Waals surface area contributed by atoms with E-state index in [1.165, 1.54) is 0 Å². The summed E-state index contributed by atoms with van der Waals surface area (Å²) < 4.78 is 0. The molecule has 0 bridgehead atoms.